The number of thiophene rings is 1. The third-order valence-corrected chi connectivity index (χ3v) is 7.51. The minimum Gasteiger partial charge on any atom is -0.383 e. The van der Waals surface area contributed by atoms with Gasteiger partial charge in [0.25, 0.3) is 5.91 Å². The van der Waals surface area contributed by atoms with Crippen LogP contribution in [-0.2, 0) is 11.3 Å². The number of hydrogen-bond acceptors (Lipinski definition) is 5. The number of amides is 1. The molecule has 1 amide bonds. The molecule has 0 spiro atoms. The summed E-state index contributed by atoms with van der Waals surface area (Å²) in [5, 5.41) is 2.81. The number of aromatic nitrogens is 2. The second-order valence-corrected chi connectivity index (χ2v) is 9.98. The summed E-state index contributed by atoms with van der Waals surface area (Å²) < 4.78 is 9.37. The lowest BCUT2D eigenvalue weighted by Crippen LogP contribution is -2.19. The molecule has 3 aromatic heterocycles. The van der Waals surface area contributed by atoms with Gasteiger partial charge in [-0.2, -0.15) is 4.99 Å². The molecule has 3 heterocycles. The van der Waals surface area contributed by atoms with Crippen LogP contribution in [0.15, 0.2) is 75.5 Å². The lowest BCUT2D eigenvalue weighted by atomic mass is 10.1. The fourth-order valence-electron chi connectivity index (χ4n) is 3.58. The lowest BCUT2D eigenvalue weighted by Gasteiger charge is -2.07. The molecule has 2 aromatic carbocycles. The summed E-state index contributed by atoms with van der Waals surface area (Å²) in [5.74, 6) is -0.279. The van der Waals surface area contributed by atoms with Crippen LogP contribution in [0.1, 0.15) is 10.4 Å². The number of benzene rings is 2. The Balaban J connectivity index is 1.69. The first kappa shape index (κ1) is 21.2. The summed E-state index contributed by atoms with van der Waals surface area (Å²) in [6, 6.07) is 19.6. The molecule has 160 valence electrons. The van der Waals surface area contributed by atoms with E-state index in [1.807, 2.05) is 70.6 Å². The minimum atomic E-state index is -0.279. The Morgan fingerprint density at radius 1 is 1.16 bits per heavy atom. The molecular weight excluding hydrogens is 506 g/mol. The summed E-state index contributed by atoms with van der Waals surface area (Å²) in [7, 11) is 1.67. The molecule has 0 bridgehead atoms. The van der Waals surface area contributed by atoms with E-state index in [4.69, 9.17) is 9.72 Å². The van der Waals surface area contributed by atoms with Crippen LogP contribution in [0.5, 0.6) is 0 Å². The fourth-order valence-corrected chi connectivity index (χ4v) is 5.87. The van der Waals surface area contributed by atoms with Crippen LogP contribution in [-0.4, -0.2) is 29.2 Å². The molecule has 0 aliphatic carbocycles. The molecule has 0 saturated carbocycles. The van der Waals surface area contributed by atoms with E-state index in [1.165, 1.54) is 11.3 Å². The highest BCUT2D eigenvalue weighted by molar-refractivity contribution is 9.10. The molecule has 0 aliphatic rings. The van der Waals surface area contributed by atoms with Gasteiger partial charge in [0.1, 0.15) is 0 Å². The van der Waals surface area contributed by atoms with Gasteiger partial charge in [-0.3, -0.25) is 4.79 Å². The maximum absolute atomic E-state index is 13.5. The smallest absolute Gasteiger partial charge is 0.280 e. The van der Waals surface area contributed by atoms with Crippen molar-refractivity contribution in [2.45, 2.75) is 6.54 Å². The molecule has 5 nitrogen and oxygen atoms in total. The van der Waals surface area contributed by atoms with Crippen LogP contribution in [0, 0.1) is 0 Å². The molecule has 0 fully saturated rings. The first-order valence-electron chi connectivity index (χ1n) is 9.94. The Labute approximate surface area is 200 Å². The first-order chi connectivity index (χ1) is 15.6. The van der Waals surface area contributed by atoms with Gasteiger partial charge >= 0.3 is 0 Å². The summed E-state index contributed by atoms with van der Waals surface area (Å²) >= 11 is 6.62. The molecule has 0 N–H and O–H groups in total. The monoisotopic (exact) mass is 523 g/mol. The molecule has 0 aliphatic heterocycles. The van der Waals surface area contributed by atoms with Crippen molar-refractivity contribution in [1.29, 1.82) is 0 Å². The fraction of sp³-hybridized carbons (Fsp3) is 0.125. The van der Waals surface area contributed by atoms with Crippen LogP contribution >= 0.6 is 38.6 Å². The van der Waals surface area contributed by atoms with Crippen LogP contribution < -0.4 is 4.80 Å². The predicted molar refractivity (Wildman–Crippen MR) is 134 cm³/mol. The van der Waals surface area contributed by atoms with Gasteiger partial charge in [-0.05, 0) is 41.8 Å². The van der Waals surface area contributed by atoms with Crippen LogP contribution in [0.4, 0.5) is 0 Å². The van der Waals surface area contributed by atoms with Crippen LogP contribution in [0.2, 0.25) is 0 Å². The van der Waals surface area contributed by atoms with E-state index in [1.54, 1.807) is 18.4 Å². The van der Waals surface area contributed by atoms with Gasteiger partial charge in [-0.25, -0.2) is 4.98 Å². The molecule has 32 heavy (non-hydrogen) atoms. The van der Waals surface area contributed by atoms with Crippen molar-refractivity contribution < 1.29 is 9.53 Å². The molecule has 5 aromatic rings. The lowest BCUT2D eigenvalue weighted by molar-refractivity contribution is 0.0999. The average molecular weight is 524 g/mol. The van der Waals surface area contributed by atoms with E-state index in [0.717, 1.165) is 36.2 Å². The number of carbonyl (C=O) groups is 1. The second-order valence-electron chi connectivity index (χ2n) is 7.11. The van der Waals surface area contributed by atoms with Crippen molar-refractivity contribution in [3.05, 3.63) is 80.9 Å². The first-order valence-corrected chi connectivity index (χ1v) is 12.4. The van der Waals surface area contributed by atoms with E-state index in [9.17, 15) is 4.79 Å². The zero-order valence-corrected chi connectivity index (χ0v) is 20.3. The number of methoxy groups -OCH3 is 1. The largest absolute Gasteiger partial charge is 0.383 e. The Morgan fingerprint density at radius 2 is 2.03 bits per heavy atom. The van der Waals surface area contributed by atoms with Gasteiger partial charge in [-0.15, -0.1) is 11.3 Å². The molecule has 0 unspecified atom stereocenters. The second kappa shape index (κ2) is 9.07. The predicted octanol–water partition coefficient (Wildman–Crippen LogP) is 6.13. The van der Waals surface area contributed by atoms with Crippen LogP contribution in [0.3, 0.4) is 0 Å². The highest BCUT2D eigenvalue weighted by Crippen LogP contribution is 2.28. The number of fused-ring (bicyclic) bond motifs is 2. The standard InChI is InChI=1S/C24H18BrN3O2S2/c1-30-11-10-28-20-9-8-15(25)13-22(20)32-24(28)27-23(29)17-14-19(21-7-4-12-31-21)26-18-6-3-2-5-16(17)18/h2-9,12-14H,10-11H2,1H3. The number of halogens is 1. The van der Waals surface area contributed by atoms with Crippen molar-refractivity contribution in [2.75, 3.05) is 13.7 Å². The Kier molecular flexibility index (Phi) is 6.01. The van der Waals surface area contributed by atoms with E-state index in [-0.39, 0.29) is 5.91 Å². The van der Waals surface area contributed by atoms with Crippen molar-refractivity contribution >= 4 is 65.6 Å². The normalized spacial score (nSPS) is 12.1. The van der Waals surface area contributed by atoms with Gasteiger partial charge < -0.3 is 9.30 Å². The third-order valence-electron chi connectivity index (χ3n) is 5.08. The maximum Gasteiger partial charge on any atom is 0.280 e. The number of rotatable bonds is 5. The summed E-state index contributed by atoms with van der Waals surface area (Å²) in [5.41, 5.74) is 3.14. The van der Waals surface area contributed by atoms with E-state index >= 15 is 0 Å². The number of ether oxygens (including phenoxy) is 1. The van der Waals surface area contributed by atoms with Crippen molar-refractivity contribution in [3.63, 3.8) is 0 Å². The Morgan fingerprint density at radius 3 is 2.84 bits per heavy atom. The van der Waals surface area contributed by atoms with E-state index in [0.29, 0.717) is 23.5 Å². The topological polar surface area (TPSA) is 56.5 Å². The van der Waals surface area contributed by atoms with Crippen molar-refractivity contribution in [1.82, 2.24) is 9.55 Å². The summed E-state index contributed by atoms with van der Waals surface area (Å²) in [4.78, 5) is 24.5. The van der Waals surface area contributed by atoms with Gasteiger partial charge in [0.05, 0.1) is 38.5 Å². The molecule has 0 radical (unpaired) electrons. The molecule has 0 atom stereocenters. The third kappa shape index (κ3) is 4.06. The maximum atomic E-state index is 13.5. The summed E-state index contributed by atoms with van der Waals surface area (Å²) in [6.45, 7) is 1.14. The van der Waals surface area contributed by atoms with Crippen molar-refractivity contribution in [3.8, 4) is 10.6 Å². The number of pyridine rings is 1. The highest BCUT2D eigenvalue weighted by Gasteiger charge is 2.15. The number of carbonyl (C=O) groups excluding carboxylic acids is 1. The van der Waals surface area contributed by atoms with Gasteiger partial charge in [0.2, 0.25) is 0 Å². The zero-order valence-electron chi connectivity index (χ0n) is 17.1. The Hall–Kier alpha value is -2.65. The average Bonchev–Trinajstić information content (AvgIpc) is 3.45. The van der Waals surface area contributed by atoms with E-state index in [2.05, 4.69) is 20.9 Å². The number of thiazole rings is 1. The molecule has 8 heteroatoms. The number of nitrogens with zero attached hydrogens (tertiary/aromatic N) is 3. The van der Waals surface area contributed by atoms with E-state index < -0.39 is 0 Å². The number of hydrogen-bond donors (Lipinski definition) is 0. The summed E-state index contributed by atoms with van der Waals surface area (Å²) in [6.07, 6.45) is 0. The van der Waals surface area contributed by atoms with Gasteiger partial charge in [-0.1, -0.05) is 51.5 Å². The van der Waals surface area contributed by atoms with Gasteiger partial charge in [0.15, 0.2) is 4.80 Å². The Bertz CT molecular complexity index is 1500. The quantitative estimate of drug-likeness (QED) is 0.278. The van der Waals surface area contributed by atoms with Crippen molar-refractivity contribution in [2.24, 2.45) is 4.99 Å². The minimum absolute atomic E-state index is 0.279. The number of para-hydroxylation sites is 1. The SMILES string of the molecule is COCCn1c(=NC(=O)c2cc(-c3cccs3)nc3ccccc23)sc2cc(Br)ccc21. The molecule has 5 rings (SSSR count). The zero-order chi connectivity index (χ0) is 22.1. The highest BCUT2D eigenvalue weighted by atomic mass is 79.9. The molecule has 0 saturated heterocycles. The van der Waals surface area contributed by atoms with Crippen LogP contribution in [0.25, 0.3) is 31.7 Å². The van der Waals surface area contributed by atoms with Gasteiger partial charge in [0, 0.05) is 23.5 Å². The molecular formula is C24H18BrN3O2S2.